The van der Waals surface area contributed by atoms with Crippen molar-refractivity contribution < 1.29 is 35.1 Å². The zero-order chi connectivity index (χ0) is 16.9. The largest absolute Gasteiger partial charge is 0.508 e. The van der Waals surface area contributed by atoms with Gasteiger partial charge >= 0.3 is 11.9 Å². The summed E-state index contributed by atoms with van der Waals surface area (Å²) in [6, 6.07) is 7.18. The first-order chi connectivity index (χ1) is 10.2. The average molecular weight is 307 g/mol. The van der Waals surface area contributed by atoms with Gasteiger partial charge in [-0.3, -0.25) is 0 Å². The minimum Gasteiger partial charge on any atom is -0.508 e. The van der Waals surface area contributed by atoms with E-state index in [0.29, 0.717) is 5.69 Å². The van der Waals surface area contributed by atoms with Gasteiger partial charge in [0.15, 0.2) is 0 Å². The van der Waals surface area contributed by atoms with Crippen LogP contribution >= 0.6 is 0 Å². The molecule has 0 unspecified atom stereocenters. The summed E-state index contributed by atoms with van der Waals surface area (Å²) in [6.07, 6.45) is 0. The van der Waals surface area contributed by atoms with E-state index >= 15 is 0 Å². The summed E-state index contributed by atoms with van der Waals surface area (Å²) in [5, 5.41) is 43.6. The molecule has 0 aliphatic carbocycles. The lowest BCUT2D eigenvalue weighted by Gasteiger charge is -1.98. The number of carbonyl (C=O) groups is 2. The number of phenolic OH excluding ortho intramolecular Hbond substituents is 1. The van der Waals surface area contributed by atoms with Crippen LogP contribution in [-0.2, 0) is 0 Å². The van der Waals surface area contributed by atoms with Crippen LogP contribution in [0.5, 0.6) is 17.2 Å². The molecule has 0 saturated heterocycles. The maximum Gasteiger partial charge on any atom is 0.339 e. The van der Waals surface area contributed by atoms with Crippen molar-refractivity contribution in [2.75, 3.05) is 5.73 Å². The van der Waals surface area contributed by atoms with E-state index in [9.17, 15) is 9.59 Å². The van der Waals surface area contributed by atoms with Gasteiger partial charge in [0.25, 0.3) is 0 Å². The van der Waals surface area contributed by atoms with Gasteiger partial charge in [-0.2, -0.15) is 0 Å². The number of carboxylic acid groups (broad SMARTS) is 2. The number of anilines is 1. The predicted molar refractivity (Wildman–Crippen MR) is 76.2 cm³/mol. The number of carboxylic acids is 2. The first-order valence-corrected chi connectivity index (χ1v) is 5.79. The normalized spacial score (nSPS) is 9.45. The highest BCUT2D eigenvalue weighted by Crippen LogP contribution is 2.22. The Morgan fingerprint density at radius 2 is 1.23 bits per heavy atom. The maximum absolute atomic E-state index is 10.3. The standard InChI is InChI=1S/C7H7NO3.C7H6O4/c2*8-4-1-2-5(7(10)11)6(9)3-4/h1-3,9H,8H2,(H,10,11);1-3,8-9H,(H,10,11). The van der Waals surface area contributed by atoms with Crippen molar-refractivity contribution in [1.82, 2.24) is 0 Å². The van der Waals surface area contributed by atoms with Crippen LogP contribution in [-0.4, -0.2) is 37.5 Å². The van der Waals surface area contributed by atoms with E-state index in [-0.39, 0.29) is 22.6 Å². The molecule has 2 rings (SSSR count). The molecule has 0 radical (unpaired) electrons. The van der Waals surface area contributed by atoms with Crippen molar-refractivity contribution in [3.8, 4) is 17.2 Å². The summed E-state index contributed by atoms with van der Waals surface area (Å²) in [5.74, 6) is -3.28. The van der Waals surface area contributed by atoms with E-state index < -0.39 is 17.7 Å². The second-order valence-corrected chi connectivity index (χ2v) is 4.09. The van der Waals surface area contributed by atoms with Gasteiger partial charge in [0, 0.05) is 17.8 Å². The van der Waals surface area contributed by atoms with Crippen LogP contribution in [0.4, 0.5) is 5.69 Å². The summed E-state index contributed by atoms with van der Waals surface area (Å²) in [7, 11) is 0. The molecule has 0 aliphatic rings. The summed E-state index contributed by atoms with van der Waals surface area (Å²) in [5.41, 5.74) is 5.26. The molecular formula is C14H13NO7. The second-order valence-electron chi connectivity index (χ2n) is 4.09. The summed E-state index contributed by atoms with van der Waals surface area (Å²) < 4.78 is 0. The number of hydrogen-bond donors (Lipinski definition) is 6. The van der Waals surface area contributed by atoms with Gasteiger partial charge in [0.05, 0.1) is 0 Å². The molecule has 2 aromatic carbocycles. The molecule has 0 fully saturated rings. The van der Waals surface area contributed by atoms with Crippen LogP contribution in [0.1, 0.15) is 20.7 Å². The molecule has 7 N–H and O–H groups in total. The van der Waals surface area contributed by atoms with Gasteiger partial charge < -0.3 is 31.3 Å². The number of phenols is 3. The Morgan fingerprint density at radius 3 is 1.64 bits per heavy atom. The van der Waals surface area contributed by atoms with E-state index in [1.807, 2.05) is 0 Å². The van der Waals surface area contributed by atoms with Crippen LogP contribution in [0, 0.1) is 0 Å². The zero-order valence-corrected chi connectivity index (χ0v) is 11.1. The van der Waals surface area contributed by atoms with Crippen molar-refractivity contribution in [1.29, 1.82) is 0 Å². The van der Waals surface area contributed by atoms with Gasteiger partial charge in [-0.25, -0.2) is 9.59 Å². The Morgan fingerprint density at radius 1 is 0.773 bits per heavy atom. The molecule has 0 aliphatic heterocycles. The number of hydrogen-bond acceptors (Lipinski definition) is 6. The molecule has 22 heavy (non-hydrogen) atoms. The molecule has 0 amide bonds. The SMILES string of the molecule is Nc1ccc(C(=O)O)c(O)c1.O=C(O)c1ccc(O)cc1O. The van der Waals surface area contributed by atoms with Gasteiger partial charge in [0.1, 0.15) is 28.4 Å². The molecule has 0 aromatic heterocycles. The Bertz CT molecular complexity index is 651. The molecule has 0 bridgehead atoms. The number of aromatic carboxylic acids is 2. The molecule has 2 aromatic rings. The van der Waals surface area contributed by atoms with Crippen LogP contribution in [0.25, 0.3) is 0 Å². The van der Waals surface area contributed by atoms with Gasteiger partial charge in [-0.05, 0) is 24.3 Å². The van der Waals surface area contributed by atoms with Gasteiger partial charge in [0.2, 0.25) is 0 Å². The maximum atomic E-state index is 10.3. The van der Waals surface area contributed by atoms with Gasteiger partial charge in [-0.15, -0.1) is 0 Å². The third kappa shape index (κ3) is 4.30. The quantitative estimate of drug-likeness (QED) is 0.454. The molecule has 0 saturated carbocycles. The van der Waals surface area contributed by atoms with Crippen molar-refractivity contribution >= 4 is 17.6 Å². The zero-order valence-electron chi connectivity index (χ0n) is 11.1. The number of nitrogens with two attached hydrogens (primary N) is 1. The lowest BCUT2D eigenvalue weighted by Crippen LogP contribution is -1.97. The lowest BCUT2D eigenvalue weighted by molar-refractivity contribution is 0.0682. The van der Waals surface area contributed by atoms with E-state index in [0.717, 1.165) is 12.1 Å². The molecule has 0 heterocycles. The topological polar surface area (TPSA) is 161 Å². The monoisotopic (exact) mass is 307 g/mol. The molecule has 8 heteroatoms. The Labute approximate surface area is 124 Å². The first-order valence-electron chi connectivity index (χ1n) is 5.79. The van der Waals surface area contributed by atoms with E-state index in [1.54, 1.807) is 0 Å². The third-order valence-electron chi connectivity index (χ3n) is 2.46. The Balaban J connectivity index is 0.000000220. The summed E-state index contributed by atoms with van der Waals surface area (Å²) in [6.45, 7) is 0. The molecule has 116 valence electrons. The van der Waals surface area contributed by atoms with Crippen LogP contribution in [0.15, 0.2) is 36.4 Å². The third-order valence-corrected chi connectivity index (χ3v) is 2.46. The average Bonchev–Trinajstić information content (AvgIpc) is 2.38. The first kappa shape index (κ1) is 16.6. The van der Waals surface area contributed by atoms with E-state index in [1.165, 1.54) is 24.3 Å². The molecule has 0 spiro atoms. The van der Waals surface area contributed by atoms with Crippen LogP contribution in [0.2, 0.25) is 0 Å². The lowest BCUT2D eigenvalue weighted by atomic mass is 10.2. The molecule has 0 atom stereocenters. The fraction of sp³-hybridized carbons (Fsp3) is 0. The van der Waals surface area contributed by atoms with E-state index in [2.05, 4.69) is 0 Å². The minimum atomic E-state index is -1.22. The van der Waals surface area contributed by atoms with Crippen LogP contribution < -0.4 is 5.73 Å². The highest BCUT2D eigenvalue weighted by atomic mass is 16.4. The summed E-state index contributed by atoms with van der Waals surface area (Å²) in [4.78, 5) is 20.6. The number of nitrogen functional groups attached to an aromatic ring is 1. The fourth-order valence-electron chi connectivity index (χ4n) is 1.43. The van der Waals surface area contributed by atoms with Crippen molar-refractivity contribution in [3.05, 3.63) is 47.5 Å². The van der Waals surface area contributed by atoms with E-state index in [4.69, 9.17) is 31.3 Å². The molecule has 8 nitrogen and oxygen atoms in total. The number of aromatic hydroxyl groups is 3. The summed E-state index contributed by atoms with van der Waals surface area (Å²) >= 11 is 0. The van der Waals surface area contributed by atoms with Gasteiger partial charge in [-0.1, -0.05) is 0 Å². The second kappa shape index (κ2) is 6.84. The number of rotatable bonds is 2. The van der Waals surface area contributed by atoms with Crippen molar-refractivity contribution in [2.24, 2.45) is 0 Å². The van der Waals surface area contributed by atoms with Crippen molar-refractivity contribution in [3.63, 3.8) is 0 Å². The van der Waals surface area contributed by atoms with Crippen molar-refractivity contribution in [2.45, 2.75) is 0 Å². The van der Waals surface area contributed by atoms with Crippen LogP contribution in [0.3, 0.4) is 0 Å². The smallest absolute Gasteiger partial charge is 0.339 e. The highest BCUT2D eigenvalue weighted by Gasteiger charge is 2.08. The Kier molecular flexibility index (Phi) is 5.17. The molecular weight excluding hydrogens is 294 g/mol. The Hall–Kier alpha value is -3.42. The fourth-order valence-corrected chi connectivity index (χ4v) is 1.43. The number of benzene rings is 2. The highest BCUT2D eigenvalue weighted by molar-refractivity contribution is 5.91. The minimum absolute atomic E-state index is 0.140. The predicted octanol–water partition coefficient (Wildman–Crippen LogP) is 1.47.